The number of nitrogens with zero attached hydrogens (tertiary/aromatic N) is 2. The Hall–Kier alpha value is -1.07. The van der Waals surface area contributed by atoms with Crippen molar-refractivity contribution in [2.24, 2.45) is 11.1 Å². The molecule has 0 saturated heterocycles. The predicted molar refractivity (Wildman–Crippen MR) is 68.3 cm³/mol. The molecule has 2 N–H and O–H groups in total. The lowest BCUT2D eigenvalue weighted by molar-refractivity contribution is 0.0730. The van der Waals surface area contributed by atoms with Crippen LogP contribution in [0.1, 0.15) is 30.1 Å². The molecule has 0 aromatic carbocycles. The second kappa shape index (κ2) is 6.02. The average Bonchev–Trinajstić information content (AvgIpc) is 2.63. The molecule has 0 aliphatic heterocycles. The smallest absolute Gasteiger partial charge is 0.275 e. The van der Waals surface area contributed by atoms with Crippen molar-refractivity contribution in [3.05, 3.63) is 17.5 Å². The fraction of sp³-hybridized carbons (Fsp3) is 0.636. The third kappa shape index (κ3) is 4.36. The fourth-order valence-corrected chi connectivity index (χ4v) is 1.44. The van der Waals surface area contributed by atoms with Crippen LogP contribution < -0.4 is 5.73 Å². The number of amides is 1. The Balaban J connectivity index is 0.00000256. The SMILES string of the molecule is Cc1cc(C(=O)N(C)CC(C)(C)CN)no1.Cl. The molecule has 0 fully saturated rings. The number of aromatic nitrogens is 1. The lowest BCUT2D eigenvalue weighted by Crippen LogP contribution is -2.39. The summed E-state index contributed by atoms with van der Waals surface area (Å²) in [6, 6.07) is 1.63. The van der Waals surface area contributed by atoms with Crippen LogP contribution in [0.5, 0.6) is 0 Å². The van der Waals surface area contributed by atoms with Crippen LogP contribution >= 0.6 is 12.4 Å². The zero-order valence-electron chi connectivity index (χ0n) is 10.7. The molecule has 0 aliphatic carbocycles. The van der Waals surface area contributed by atoms with E-state index in [-0.39, 0.29) is 23.7 Å². The summed E-state index contributed by atoms with van der Waals surface area (Å²) in [6.07, 6.45) is 0. The highest BCUT2D eigenvalue weighted by molar-refractivity contribution is 5.92. The van der Waals surface area contributed by atoms with E-state index in [1.807, 2.05) is 13.8 Å². The minimum Gasteiger partial charge on any atom is -0.361 e. The Morgan fingerprint density at radius 1 is 1.59 bits per heavy atom. The second-order valence-corrected chi connectivity index (χ2v) is 4.85. The summed E-state index contributed by atoms with van der Waals surface area (Å²) in [6.45, 7) is 6.92. The van der Waals surface area contributed by atoms with Crippen molar-refractivity contribution in [1.29, 1.82) is 0 Å². The molecule has 1 aromatic heterocycles. The van der Waals surface area contributed by atoms with Crippen LogP contribution in [-0.2, 0) is 0 Å². The Morgan fingerprint density at radius 3 is 2.59 bits per heavy atom. The van der Waals surface area contributed by atoms with E-state index in [9.17, 15) is 4.79 Å². The first-order valence-electron chi connectivity index (χ1n) is 5.24. The molecule has 1 amide bonds. The van der Waals surface area contributed by atoms with Crippen LogP contribution in [0.25, 0.3) is 0 Å². The van der Waals surface area contributed by atoms with Crippen molar-refractivity contribution >= 4 is 18.3 Å². The lowest BCUT2D eigenvalue weighted by Gasteiger charge is -2.28. The van der Waals surface area contributed by atoms with Gasteiger partial charge in [-0.3, -0.25) is 4.79 Å². The van der Waals surface area contributed by atoms with Gasteiger partial charge in [-0.1, -0.05) is 19.0 Å². The molecule has 0 saturated carbocycles. The summed E-state index contributed by atoms with van der Waals surface area (Å²) in [7, 11) is 1.74. The number of carbonyl (C=O) groups is 1. The van der Waals surface area contributed by atoms with Crippen LogP contribution in [0.4, 0.5) is 0 Å². The van der Waals surface area contributed by atoms with Crippen molar-refractivity contribution < 1.29 is 9.32 Å². The van der Waals surface area contributed by atoms with E-state index in [0.29, 0.717) is 24.5 Å². The van der Waals surface area contributed by atoms with Crippen LogP contribution in [0.3, 0.4) is 0 Å². The van der Waals surface area contributed by atoms with E-state index in [2.05, 4.69) is 5.16 Å². The van der Waals surface area contributed by atoms with E-state index in [0.717, 1.165) is 0 Å². The maximum Gasteiger partial charge on any atom is 0.275 e. The number of hydrogen-bond acceptors (Lipinski definition) is 4. The van der Waals surface area contributed by atoms with Gasteiger partial charge in [-0.05, 0) is 18.9 Å². The minimum absolute atomic E-state index is 0. The predicted octanol–water partition coefficient (Wildman–Crippen LogP) is 1.46. The van der Waals surface area contributed by atoms with E-state index >= 15 is 0 Å². The van der Waals surface area contributed by atoms with E-state index in [1.165, 1.54) is 0 Å². The first kappa shape index (κ1) is 15.9. The van der Waals surface area contributed by atoms with E-state index in [1.54, 1.807) is 24.9 Å². The highest BCUT2D eigenvalue weighted by Crippen LogP contribution is 2.15. The largest absolute Gasteiger partial charge is 0.361 e. The van der Waals surface area contributed by atoms with Gasteiger partial charge in [0.25, 0.3) is 5.91 Å². The van der Waals surface area contributed by atoms with Crippen LogP contribution in [0.2, 0.25) is 0 Å². The van der Waals surface area contributed by atoms with Gasteiger partial charge in [-0.2, -0.15) is 0 Å². The number of hydrogen-bond donors (Lipinski definition) is 1. The molecule has 1 aromatic rings. The van der Waals surface area contributed by atoms with Crippen molar-refractivity contribution in [1.82, 2.24) is 10.1 Å². The number of aryl methyl sites for hydroxylation is 1. The van der Waals surface area contributed by atoms with E-state index < -0.39 is 0 Å². The van der Waals surface area contributed by atoms with Crippen molar-refractivity contribution in [2.75, 3.05) is 20.1 Å². The molecule has 98 valence electrons. The van der Waals surface area contributed by atoms with Gasteiger partial charge in [0.05, 0.1) is 0 Å². The third-order valence-electron chi connectivity index (χ3n) is 2.41. The van der Waals surface area contributed by atoms with Gasteiger partial charge in [0.2, 0.25) is 0 Å². The maximum absolute atomic E-state index is 11.9. The maximum atomic E-state index is 11.9. The molecular weight excluding hydrogens is 242 g/mol. The molecule has 6 heteroatoms. The monoisotopic (exact) mass is 261 g/mol. The standard InChI is InChI=1S/C11H19N3O2.ClH/c1-8-5-9(13-16-8)10(15)14(4)7-11(2,3)6-12;/h5H,6-7,12H2,1-4H3;1H. The van der Waals surface area contributed by atoms with Crippen molar-refractivity contribution in [3.63, 3.8) is 0 Å². The number of carbonyl (C=O) groups excluding carboxylic acids is 1. The summed E-state index contributed by atoms with van der Waals surface area (Å²) in [5, 5.41) is 3.70. The summed E-state index contributed by atoms with van der Waals surface area (Å²) < 4.78 is 4.87. The lowest BCUT2D eigenvalue weighted by atomic mass is 9.93. The number of rotatable bonds is 4. The highest BCUT2D eigenvalue weighted by atomic mass is 35.5. The van der Waals surface area contributed by atoms with Crippen LogP contribution in [0.15, 0.2) is 10.6 Å². The molecule has 0 aliphatic rings. The van der Waals surface area contributed by atoms with Crippen molar-refractivity contribution in [3.8, 4) is 0 Å². The molecule has 1 heterocycles. The van der Waals surface area contributed by atoms with Crippen molar-refractivity contribution in [2.45, 2.75) is 20.8 Å². The minimum atomic E-state index is -0.140. The Labute approximate surface area is 108 Å². The molecule has 5 nitrogen and oxygen atoms in total. The topological polar surface area (TPSA) is 72.4 Å². The number of nitrogens with two attached hydrogens (primary N) is 1. The van der Waals surface area contributed by atoms with Crippen LogP contribution in [-0.4, -0.2) is 36.1 Å². The molecule has 0 atom stereocenters. The molecule has 0 spiro atoms. The molecule has 0 radical (unpaired) electrons. The fourth-order valence-electron chi connectivity index (χ4n) is 1.44. The normalized spacial score (nSPS) is 10.9. The molecule has 17 heavy (non-hydrogen) atoms. The van der Waals surface area contributed by atoms with E-state index in [4.69, 9.17) is 10.3 Å². The highest BCUT2D eigenvalue weighted by Gasteiger charge is 2.23. The van der Waals surface area contributed by atoms with Gasteiger partial charge in [0.15, 0.2) is 5.69 Å². The second-order valence-electron chi connectivity index (χ2n) is 4.85. The summed E-state index contributed by atoms with van der Waals surface area (Å²) in [5.41, 5.74) is 5.87. The van der Waals surface area contributed by atoms with Gasteiger partial charge < -0.3 is 15.2 Å². The Bertz CT molecular complexity index is 377. The van der Waals surface area contributed by atoms with Gasteiger partial charge >= 0.3 is 0 Å². The zero-order valence-corrected chi connectivity index (χ0v) is 11.5. The van der Waals surface area contributed by atoms with Gasteiger partial charge in [0, 0.05) is 19.7 Å². The van der Waals surface area contributed by atoms with Gasteiger partial charge in [-0.25, -0.2) is 0 Å². The molecule has 0 bridgehead atoms. The van der Waals surface area contributed by atoms with Gasteiger partial charge in [-0.15, -0.1) is 12.4 Å². The average molecular weight is 262 g/mol. The summed E-state index contributed by atoms with van der Waals surface area (Å²) in [5.74, 6) is 0.494. The first-order valence-corrected chi connectivity index (χ1v) is 5.24. The zero-order chi connectivity index (χ0) is 12.3. The van der Waals surface area contributed by atoms with Crippen LogP contribution in [0, 0.1) is 12.3 Å². The summed E-state index contributed by atoms with van der Waals surface area (Å²) >= 11 is 0. The first-order chi connectivity index (χ1) is 7.35. The quantitative estimate of drug-likeness (QED) is 0.891. The molecule has 0 unspecified atom stereocenters. The Kier molecular flexibility index (Phi) is 5.64. The van der Waals surface area contributed by atoms with Gasteiger partial charge in [0.1, 0.15) is 5.76 Å². The summed E-state index contributed by atoms with van der Waals surface area (Å²) in [4.78, 5) is 13.5. The Morgan fingerprint density at radius 2 is 2.18 bits per heavy atom. The molecular formula is C11H20ClN3O2. The third-order valence-corrected chi connectivity index (χ3v) is 2.41. The molecule has 1 rings (SSSR count). The number of halogens is 1.